The molecule has 0 radical (unpaired) electrons. The van der Waals surface area contributed by atoms with Gasteiger partial charge in [0.2, 0.25) is 0 Å². The first-order valence-corrected chi connectivity index (χ1v) is 7.21. The van der Waals surface area contributed by atoms with Crippen LogP contribution in [0.4, 0.5) is 0 Å². The van der Waals surface area contributed by atoms with Crippen LogP contribution in [-0.2, 0) is 18.3 Å². The zero-order valence-corrected chi connectivity index (χ0v) is 12.1. The van der Waals surface area contributed by atoms with Crippen LogP contribution < -0.4 is 0 Å². The number of benzene rings is 3. The highest BCUT2D eigenvalue weighted by atomic mass is 16.3. The molecule has 22 heavy (non-hydrogen) atoms. The molecule has 0 heterocycles. The first kappa shape index (κ1) is 10.4. The number of rotatable bonds is 5. The van der Waals surface area contributed by atoms with Crippen molar-refractivity contribution in [1.82, 2.24) is 0 Å². The van der Waals surface area contributed by atoms with Gasteiger partial charge in [0.05, 0.1) is 5.60 Å². The third kappa shape index (κ3) is 3.44. The Hall–Kier alpha value is -2.38. The van der Waals surface area contributed by atoms with Crippen molar-refractivity contribution in [2.45, 2.75) is 18.3 Å². The van der Waals surface area contributed by atoms with Crippen molar-refractivity contribution in [3.05, 3.63) is 108 Å². The molecule has 0 spiro atoms. The van der Waals surface area contributed by atoms with Gasteiger partial charge in [-0.15, -0.1) is 0 Å². The fraction of sp³-hybridized carbons (Fsp3) is 0.143. The SMILES string of the molecule is [2H]C([2H])(c1ccccc1)C(O)(c1ccccc1)C([2H])([2H])c1ccccc1. The normalized spacial score (nSPS) is 15.3. The minimum atomic E-state index is -2.44. The summed E-state index contributed by atoms with van der Waals surface area (Å²) in [6.45, 7) is 0. The summed E-state index contributed by atoms with van der Waals surface area (Å²) in [7, 11) is 0. The molecule has 110 valence electrons. The zero-order chi connectivity index (χ0) is 18.8. The predicted octanol–water partition coefficient (Wildman–Crippen LogP) is 4.36. The van der Waals surface area contributed by atoms with E-state index >= 15 is 0 Å². The van der Waals surface area contributed by atoms with E-state index in [-0.39, 0.29) is 16.7 Å². The Bertz CT molecular complexity index is 797. The summed E-state index contributed by atoms with van der Waals surface area (Å²) >= 11 is 0. The summed E-state index contributed by atoms with van der Waals surface area (Å²) in [4.78, 5) is 0. The molecule has 1 nitrogen and oxygen atoms in total. The highest BCUT2D eigenvalue weighted by Gasteiger charge is 2.29. The van der Waals surface area contributed by atoms with Gasteiger partial charge in [0.25, 0.3) is 0 Å². The van der Waals surface area contributed by atoms with Gasteiger partial charge in [0.15, 0.2) is 0 Å². The molecule has 0 fully saturated rings. The Morgan fingerprint density at radius 1 is 0.636 bits per heavy atom. The topological polar surface area (TPSA) is 20.2 Å². The van der Waals surface area contributed by atoms with Crippen LogP contribution in [0.25, 0.3) is 0 Å². The predicted molar refractivity (Wildman–Crippen MR) is 90.6 cm³/mol. The molecule has 0 bridgehead atoms. The van der Waals surface area contributed by atoms with E-state index in [0.29, 0.717) is 0 Å². The molecule has 0 aliphatic rings. The summed E-state index contributed by atoms with van der Waals surface area (Å²) < 4.78 is 35.0. The van der Waals surface area contributed by atoms with Crippen molar-refractivity contribution >= 4 is 0 Å². The number of hydrogen-bond donors (Lipinski definition) is 1. The van der Waals surface area contributed by atoms with Crippen LogP contribution in [-0.4, -0.2) is 5.11 Å². The van der Waals surface area contributed by atoms with Gasteiger partial charge in [-0.1, -0.05) is 91.0 Å². The maximum atomic E-state index is 11.7. The van der Waals surface area contributed by atoms with Gasteiger partial charge in [-0.3, -0.25) is 0 Å². The molecule has 0 saturated carbocycles. The molecule has 0 saturated heterocycles. The lowest BCUT2D eigenvalue weighted by molar-refractivity contribution is 0.0371. The van der Waals surface area contributed by atoms with Crippen LogP contribution in [0.15, 0.2) is 91.0 Å². The molecular formula is C21H20O. The second kappa shape index (κ2) is 6.59. The van der Waals surface area contributed by atoms with Gasteiger partial charge in [0.1, 0.15) is 0 Å². The molecule has 0 aliphatic carbocycles. The van der Waals surface area contributed by atoms with Gasteiger partial charge in [0, 0.05) is 18.2 Å². The van der Waals surface area contributed by atoms with Crippen LogP contribution in [0, 0.1) is 0 Å². The fourth-order valence-corrected chi connectivity index (χ4v) is 2.32. The average molecular weight is 292 g/mol. The Balaban J connectivity index is 2.28. The van der Waals surface area contributed by atoms with Crippen LogP contribution in [0.3, 0.4) is 0 Å². The van der Waals surface area contributed by atoms with E-state index in [1.165, 1.54) is 0 Å². The Morgan fingerprint density at radius 2 is 1.00 bits per heavy atom. The highest BCUT2D eigenvalue weighted by molar-refractivity contribution is 5.30. The molecule has 0 aliphatic heterocycles. The van der Waals surface area contributed by atoms with Gasteiger partial charge in [-0.2, -0.15) is 0 Å². The van der Waals surface area contributed by atoms with Crippen molar-refractivity contribution in [3.8, 4) is 0 Å². The maximum Gasteiger partial charge on any atom is 0.0976 e. The molecule has 0 atom stereocenters. The van der Waals surface area contributed by atoms with Gasteiger partial charge >= 0.3 is 0 Å². The average Bonchev–Trinajstić information content (AvgIpc) is 2.69. The van der Waals surface area contributed by atoms with Gasteiger partial charge in [-0.05, 0) is 16.7 Å². The lowest BCUT2D eigenvalue weighted by Gasteiger charge is -2.29. The van der Waals surface area contributed by atoms with E-state index in [2.05, 4.69) is 0 Å². The largest absolute Gasteiger partial charge is 0.384 e. The smallest absolute Gasteiger partial charge is 0.0976 e. The Kier molecular flexibility index (Phi) is 3.10. The first-order valence-electron chi connectivity index (χ1n) is 9.21. The summed E-state index contributed by atoms with van der Waals surface area (Å²) in [6, 6.07) is 24.7. The molecule has 1 heteroatoms. The van der Waals surface area contributed by atoms with E-state index in [1.54, 1.807) is 91.0 Å². The molecule has 1 N–H and O–H groups in total. The van der Waals surface area contributed by atoms with E-state index < -0.39 is 18.3 Å². The second-order valence-electron chi connectivity index (χ2n) is 5.06. The highest BCUT2D eigenvalue weighted by Crippen LogP contribution is 2.29. The fourth-order valence-electron chi connectivity index (χ4n) is 2.32. The monoisotopic (exact) mass is 292 g/mol. The zero-order valence-electron chi connectivity index (χ0n) is 16.1. The first-order chi connectivity index (χ1) is 12.3. The molecule has 0 amide bonds. The quantitative estimate of drug-likeness (QED) is 0.741. The van der Waals surface area contributed by atoms with Crippen LogP contribution in [0.2, 0.25) is 0 Å². The summed E-state index contributed by atoms with van der Waals surface area (Å²) in [5.74, 6) is 0. The van der Waals surface area contributed by atoms with Crippen LogP contribution in [0.5, 0.6) is 0 Å². The maximum absolute atomic E-state index is 11.7. The minimum absolute atomic E-state index is 0.183. The number of hydrogen-bond acceptors (Lipinski definition) is 1. The summed E-state index contributed by atoms with van der Waals surface area (Å²) in [6.07, 6.45) is -4.76. The summed E-state index contributed by atoms with van der Waals surface area (Å²) in [5.41, 5.74) is -1.83. The molecular weight excluding hydrogens is 268 g/mol. The summed E-state index contributed by atoms with van der Waals surface area (Å²) in [5, 5.41) is 11.7. The van der Waals surface area contributed by atoms with Crippen molar-refractivity contribution in [2.75, 3.05) is 0 Å². The van der Waals surface area contributed by atoms with Crippen LogP contribution >= 0.6 is 0 Å². The third-order valence-corrected chi connectivity index (χ3v) is 3.39. The Labute approximate surface area is 137 Å². The number of aliphatic hydroxyl groups is 1. The lowest BCUT2D eigenvalue weighted by Crippen LogP contribution is -2.31. The Morgan fingerprint density at radius 3 is 1.41 bits per heavy atom. The van der Waals surface area contributed by atoms with Gasteiger partial charge < -0.3 is 5.11 Å². The van der Waals surface area contributed by atoms with E-state index in [1.807, 2.05) is 0 Å². The van der Waals surface area contributed by atoms with E-state index in [9.17, 15) is 5.11 Å². The second-order valence-corrected chi connectivity index (χ2v) is 5.06. The van der Waals surface area contributed by atoms with Crippen molar-refractivity contribution in [3.63, 3.8) is 0 Å². The molecule has 0 aromatic heterocycles. The van der Waals surface area contributed by atoms with Gasteiger partial charge in [-0.25, -0.2) is 0 Å². The molecule has 3 aromatic carbocycles. The van der Waals surface area contributed by atoms with E-state index in [4.69, 9.17) is 5.48 Å². The van der Waals surface area contributed by atoms with Crippen molar-refractivity contribution in [1.29, 1.82) is 0 Å². The van der Waals surface area contributed by atoms with Crippen molar-refractivity contribution < 1.29 is 10.6 Å². The minimum Gasteiger partial charge on any atom is -0.384 e. The molecule has 3 rings (SSSR count). The van der Waals surface area contributed by atoms with Crippen molar-refractivity contribution in [2.24, 2.45) is 0 Å². The van der Waals surface area contributed by atoms with Crippen LogP contribution in [0.1, 0.15) is 22.2 Å². The lowest BCUT2D eigenvalue weighted by atomic mass is 9.82. The third-order valence-electron chi connectivity index (χ3n) is 3.39. The molecule has 3 aromatic rings. The van der Waals surface area contributed by atoms with E-state index in [0.717, 1.165) is 0 Å². The standard InChI is InChI=1S/C21H20O/c22-21(20-14-8-3-9-15-20,16-18-10-4-1-5-11-18)17-19-12-6-2-7-13-19/h1-15,22H,16-17H2/i16D2,17D2. The molecule has 0 unspecified atom stereocenters.